The van der Waals surface area contributed by atoms with Crippen molar-refractivity contribution in [1.29, 1.82) is 0 Å². The summed E-state index contributed by atoms with van der Waals surface area (Å²) in [5.41, 5.74) is 1.21. The molecule has 0 spiro atoms. The lowest BCUT2D eigenvalue weighted by Crippen LogP contribution is -2.14. The van der Waals surface area contributed by atoms with E-state index in [0.717, 1.165) is 18.8 Å². The third kappa shape index (κ3) is 4.99. The zero-order valence-corrected chi connectivity index (χ0v) is 10.2. The van der Waals surface area contributed by atoms with Crippen LogP contribution in [-0.4, -0.2) is 20.2 Å². The second-order valence-corrected chi connectivity index (χ2v) is 3.73. The van der Waals surface area contributed by atoms with Crippen LogP contribution in [0.2, 0.25) is 0 Å². The Kier molecular flexibility index (Phi) is 6.35. The van der Waals surface area contributed by atoms with E-state index in [1.165, 1.54) is 18.4 Å². The van der Waals surface area contributed by atoms with Gasteiger partial charge in [-0.15, -0.1) is 0 Å². The quantitative estimate of drug-likeness (QED) is 0.711. The summed E-state index contributed by atoms with van der Waals surface area (Å²) in [6.07, 6.45) is 6.77. The minimum Gasteiger partial charge on any atom is -0.497 e. The lowest BCUT2D eigenvalue weighted by atomic mass is 10.2. The fourth-order valence-corrected chi connectivity index (χ4v) is 1.40. The first-order valence-electron chi connectivity index (χ1n) is 5.88. The predicted molar refractivity (Wildman–Crippen MR) is 69.8 cm³/mol. The van der Waals surface area contributed by atoms with Crippen molar-refractivity contribution in [3.63, 3.8) is 0 Å². The topological polar surface area (TPSA) is 21.3 Å². The lowest BCUT2D eigenvalue weighted by molar-refractivity contribution is 0.415. The number of nitrogens with one attached hydrogen (secondary N) is 1. The zero-order valence-electron chi connectivity index (χ0n) is 10.2. The van der Waals surface area contributed by atoms with Gasteiger partial charge in [-0.2, -0.15) is 0 Å². The van der Waals surface area contributed by atoms with Crippen LogP contribution in [0.5, 0.6) is 5.75 Å². The average Bonchev–Trinajstić information content (AvgIpc) is 2.34. The fourth-order valence-electron chi connectivity index (χ4n) is 1.40. The third-order valence-corrected chi connectivity index (χ3v) is 2.40. The molecule has 0 atom stereocenters. The van der Waals surface area contributed by atoms with Gasteiger partial charge < -0.3 is 10.1 Å². The first-order chi connectivity index (χ1) is 7.86. The van der Waals surface area contributed by atoms with Crippen LogP contribution in [-0.2, 0) is 0 Å². The van der Waals surface area contributed by atoms with Gasteiger partial charge in [-0.05, 0) is 30.7 Å². The number of unbranched alkanes of at least 4 members (excludes halogenated alkanes) is 1. The standard InChI is InChI=1S/C14H21NO/c1-3-4-11-15-12-5-6-13-7-9-14(16-2)10-8-13/h5-10,15H,3-4,11-12H2,1-2H3. The van der Waals surface area contributed by atoms with Crippen LogP contribution in [0.3, 0.4) is 0 Å². The van der Waals surface area contributed by atoms with Crippen molar-refractivity contribution < 1.29 is 4.74 Å². The lowest BCUT2D eigenvalue weighted by Gasteiger charge is -2.00. The summed E-state index contributed by atoms with van der Waals surface area (Å²) in [6, 6.07) is 8.07. The predicted octanol–water partition coefficient (Wildman–Crippen LogP) is 3.10. The summed E-state index contributed by atoms with van der Waals surface area (Å²) in [5, 5.41) is 3.37. The van der Waals surface area contributed by atoms with Crippen molar-refractivity contribution >= 4 is 6.08 Å². The second-order valence-electron chi connectivity index (χ2n) is 3.73. The molecule has 2 heteroatoms. The Balaban J connectivity index is 2.27. The highest BCUT2D eigenvalue weighted by Crippen LogP contribution is 2.11. The van der Waals surface area contributed by atoms with Crippen LogP contribution in [0.4, 0.5) is 0 Å². The Morgan fingerprint density at radius 2 is 2.00 bits per heavy atom. The van der Waals surface area contributed by atoms with Gasteiger partial charge in [0.15, 0.2) is 0 Å². The molecule has 0 radical (unpaired) electrons. The zero-order chi connectivity index (χ0) is 11.6. The summed E-state index contributed by atoms with van der Waals surface area (Å²) in [6.45, 7) is 4.24. The smallest absolute Gasteiger partial charge is 0.118 e. The Morgan fingerprint density at radius 1 is 1.25 bits per heavy atom. The van der Waals surface area contributed by atoms with Crippen molar-refractivity contribution in [1.82, 2.24) is 5.32 Å². The molecule has 0 aromatic heterocycles. The van der Waals surface area contributed by atoms with E-state index in [2.05, 4.69) is 36.5 Å². The SMILES string of the molecule is CCCCNCC=Cc1ccc(OC)cc1. The van der Waals surface area contributed by atoms with Gasteiger partial charge in [0, 0.05) is 6.54 Å². The molecule has 0 aliphatic heterocycles. The van der Waals surface area contributed by atoms with Gasteiger partial charge in [-0.1, -0.05) is 37.6 Å². The van der Waals surface area contributed by atoms with E-state index < -0.39 is 0 Å². The fraction of sp³-hybridized carbons (Fsp3) is 0.429. The Bertz CT molecular complexity index is 303. The molecule has 0 saturated heterocycles. The minimum atomic E-state index is 0.901. The molecule has 1 N–H and O–H groups in total. The maximum atomic E-state index is 5.10. The van der Waals surface area contributed by atoms with Crippen molar-refractivity contribution in [3.05, 3.63) is 35.9 Å². The summed E-state index contributed by atoms with van der Waals surface area (Å²) in [7, 11) is 1.68. The molecule has 88 valence electrons. The number of hydrogen-bond donors (Lipinski definition) is 1. The van der Waals surface area contributed by atoms with Gasteiger partial charge in [0.1, 0.15) is 5.75 Å². The Hall–Kier alpha value is -1.28. The van der Waals surface area contributed by atoms with Gasteiger partial charge in [-0.3, -0.25) is 0 Å². The largest absolute Gasteiger partial charge is 0.497 e. The highest BCUT2D eigenvalue weighted by Gasteiger charge is 1.89. The van der Waals surface area contributed by atoms with Crippen LogP contribution in [0.15, 0.2) is 30.3 Å². The van der Waals surface area contributed by atoms with E-state index >= 15 is 0 Å². The number of methoxy groups -OCH3 is 1. The maximum Gasteiger partial charge on any atom is 0.118 e. The normalized spacial score (nSPS) is 10.9. The molecule has 1 rings (SSSR count). The van der Waals surface area contributed by atoms with Crippen molar-refractivity contribution in [3.8, 4) is 5.75 Å². The Labute approximate surface area is 98.3 Å². The molecule has 0 saturated carbocycles. The molecule has 0 unspecified atom stereocenters. The molecule has 16 heavy (non-hydrogen) atoms. The van der Waals surface area contributed by atoms with Gasteiger partial charge in [-0.25, -0.2) is 0 Å². The van der Waals surface area contributed by atoms with Crippen LogP contribution in [0.1, 0.15) is 25.3 Å². The van der Waals surface area contributed by atoms with Crippen molar-refractivity contribution in [2.24, 2.45) is 0 Å². The summed E-state index contributed by atoms with van der Waals surface area (Å²) in [5.74, 6) is 0.901. The van der Waals surface area contributed by atoms with Crippen LogP contribution < -0.4 is 10.1 Å². The summed E-state index contributed by atoms with van der Waals surface area (Å²) >= 11 is 0. The van der Waals surface area contributed by atoms with E-state index in [0.29, 0.717) is 0 Å². The highest BCUT2D eigenvalue weighted by atomic mass is 16.5. The van der Waals surface area contributed by atoms with Gasteiger partial charge in [0.25, 0.3) is 0 Å². The van der Waals surface area contributed by atoms with Crippen LogP contribution in [0, 0.1) is 0 Å². The number of ether oxygens (including phenoxy) is 1. The van der Waals surface area contributed by atoms with Gasteiger partial charge >= 0.3 is 0 Å². The molecule has 0 bridgehead atoms. The van der Waals surface area contributed by atoms with Crippen molar-refractivity contribution in [2.75, 3.05) is 20.2 Å². The molecule has 0 amide bonds. The summed E-state index contributed by atoms with van der Waals surface area (Å²) < 4.78 is 5.10. The van der Waals surface area contributed by atoms with E-state index in [1.54, 1.807) is 7.11 Å². The molecule has 0 heterocycles. The molecular weight excluding hydrogens is 198 g/mol. The third-order valence-electron chi connectivity index (χ3n) is 2.40. The number of benzene rings is 1. The maximum absolute atomic E-state index is 5.10. The van der Waals surface area contributed by atoms with Crippen LogP contribution >= 0.6 is 0 Å². The first-order valence-corrected chi connectivity index (χ1v) is 5.88. The van der Waals surface area contributed by atoms with Gasteiger partial charge in [0.05, 0.1) is 7.11 Å². The molecular formula is C14H21NO. The molecule has 0 aliphatic rings. The van der Waals surface area contributed by atoms with E-state index in [-0.39, 0.29) is 0 Å². The molecule has 2 nitrogen and oxygen atoms in total. The first kappa shape index (κ1) is 12.8. The molecule has 0 aliphatic carbocycles. The van der Waals surface area contributed by atoms with E-state index in [9.17, 15) is 0 Å². The molecule has 0 fully saturated rings. The van der Waals surface area contributed by atoms with Gasteiger partial charge in [0.2, 0.25) is 0 Å². The van der Waals surface area contributed by atoms with Crippen LogP contribution in [0.25, 0.3) is 6.08 Å². The van der Waals surface area contributed by atoms with E-state index in [4.69, 9.17) is 4.74 Å². The summed E-state index contributed by atoms with van der Waals surface area (Å²) in [4.78, 5) is 0. The average molecular weight is 219 g/mol. The highest BCUT2D eigenvalue weighted by molar-refractivity contribution is 5.50. The van der Waals surface area contributed by atoms with E-state index in [1.807, 2.05) is 12.1 Å². The number of hydrogen-bond acceptors (Lipinski definition) is 2. The monoisotopic (exact) mass is 219 g/mol. The Morgan fingerprint density at radius 3 is 2.62 bits per heavy atom. The van der Waals surface area contributed by atoms with Crippen molar-refractivity contribution in [2.45, 2.75) is 19.8 Å². The molecule has 1 aromatic rings. The molecule has 1 aromatic carbocycles. The second kappa shape index (κ2) is 7.94. The minimum absolute atomic E-state index is 0.901. The number of rotatable bonds is 7.